The third-order valence-electron chi connectivity index (χ3n) is 5.81. The molecule has 174 valence electrons. The molecule has 2 atom stereocenters. The Bertz CT molecular complexity index is 1260. The molecule has 0 aliphatic carbocycles. The Morgan fingerprint density at radius 2 is 2.15 bits per heavy atom. The second-order valence-corrected chi connectivity index (χ2v) is 9.72. The Morgan fingerprint density at radius 1 is 1.42 bits per heavy atom. The highest BCUT2D eigenvalue weighted by Gasteiger charge is 2.31. The predicted octanol–water partition coefficient (Wildman–Crippen LogP) is 3.21. The van der Waals surface area contributed by atoms with Gasteiger partial charge in [0.15, 0.2) is 5.65 Å². The number of nitrogens with two attached hydrogens (primary N) is 1. The number of nitriles is 1. The fourth-order valence-electron chi connectivity index (χ4n) is 4.56. The second kappa shape index (κ2) is 8.45. The molecule has 4 rings (SSSR count). The molecule has 9 nitrogen and oxygen atoms in total. The van der Waals surface area contributed by atoms with Crippen LogP contribution in [0.3, 0.4) is 0 Å². The lowest BCUT2D eigenvalue weighted by atomic mass is 9.97. The van der Waals surface area contributed by atoms with Gasteiger partial charge in [0.1, 0.15) is 30.1 Å². The molecular weight excluding hydrogens is 442 g/mol. The summed E-state index contributed by atoms with van der Waals surface area (Å²) in [6.07, 6.45) is 1.25. The lowest BCUT2D eigenvalue weighted by molar-refractivity contribution is 0.0258. The second-order valence-electron chi connectivity index (χ2n) is 9.32. The number of ether oxygens (including phenoxy) is 1. The monoisotopic (exact) mass is 469 g/mol. The number of benzene rings is 1. The van der Waals surface area contributed by atoms with E-state index < -0.39 is 5.60 Å². The molecule has 0 radical (unpaired) electrons. The van der Waals surface area contributed by atoms with E-state index in [1.165, 1.54) is 6.33 Å². The first kappa shape index (κ1) is 23.2. The molecule has 3 aromatic rings. The van der Waals surface area contributed by atoms with Crippen molar-refractivity contribution in [2.75, 3.05) is 18.8 Å². The lowest BCUT2D eigenvalue weighted by Gasteiger charge is -2.28. The number of anilines is 1. The summed E-state index contributed by atoms with van der Waals surface area (Å²) in [5.74, 6) is 0.997. The maximum atomic E-state index is 10.4. The van der Waals surface area contributed by atoms with Crippen LogP contribution < -0.4 is 10.5 Å². The molecule has 1 aliphatic heterocycles. The van der Waals surface area contributed by atoms with Crippen LogP contribution in [0.2, 0.25) is 5.02 Å². The molecule has 1 aliphatic rings. The van der Waals surface area contributed by atoms with Crippen LogP contribution in [0.1, 0.15) is 56.1 Å². The topological polar surface area (TPSA) is 126 Å². The molecule has 1 unspecified atom stereocenters. The molecular formula is C23H28ClN7O2. The van der Waals surface area contributed by atoms with E-state index in [9.17, 15) is 10.4 Å². The van der Waals surface area contributed by atoms with Crippen molar-refractivity contribution in [1.29, 1.82) is 5.26 Å². The molecule has 0 saturated carbocycles. The van der Waals surface area contributed by atoms with Gasteiger partial charge in [0.25, 0.3) is 0 Å². The van der Waals surface area contributed by atoms with E-state index in [1.807, 2.05) is 20.8 Å². The molecule has 1 aromatic carbocycles. The number of nitrogens with zero attached hydrogens (tertiary/aromatic N) is 6. The third-order valence-corrected chi connectivity index (χ3v) is 6.11. The maximum Gasteiger partial charge on any atom is 0.164 e. The molecule has 0 fully saturated rings. The van der Waals surface area contributed by atoms with Crippen LogP contribution >= 0.6 is 11.6 Å². The average molecular weight is 470 g/mol. The van der Waals surface area contributed by atoms with Gasteiger partial charge in [-0.3, -0.25) is 4.90 Å². The van der Waals surface area contributed by atoms with Crippen molar-refractivity contribution in [2.24, 2.45) is 0 Å². The highest BCUT2D eigenvalue weighted by molar-refractivity contribution is 6.32. The lowest BCUT2D eigenvalue weighted by Crippen LogP contribution is -2.41. The van der Waals surface area contributed by atoms with E-state index in [1.54, 1.807) is 24.6 Å². The van der Waals surface area contributed by atoms with Gasteiger partial charge in [-0.05, 0) is 40.7 Å². The molecule has 33 heavy (non-hydrogen) atoms. The van der Waals surface area contributed by atoms with E-state index >= 15 is 0 Å². The molecule has 10 heteroatoms. The first-order valence-corrected chi connectivity index (χ1v) is 11.2. The number of hydrogen-bond acceptors (Lipinski definition) is 8. The minimum absolute atomic E-state index is 0.165. The zero-order valence-corrected chi connectivity index (χ0v) is 20.2. The summed E-state index contributed by atoms with van der Waals surface area (Å²) in [5, 5.41) is 26.0. The fraction of sp³-hybridized carbons (Fsp3) is 0.478. The smallest absolute Gasteiger partial charge is 0.164 e. The quantitative estimate of drug-likeness (QED) is 0.596. The van der Waals surface area contributed by atoms with Crippen LogP contribution in [-0.2, 0) is 6.54 Å². The molecule has 0 amide bonds. The number of β-amino-alcohol motifs (C(OH)–C–C–N with tert-alkyl or cyclic N) is 1. The van der Waals surface area contributed by atoms with Crippen LogP contribution in [0.25, 0.3) is 11.0 Å². The highest BCUT2D eigenvalue weighted by Crippen LogP contribution is 2.41. The van der Waals surface area contributed by atoms with E-state index in [0.29, 0.717) is 58.4 Å². The first-order valence-electron chi connectivity index (χ1n) is 10.8. The van der Waals surface area contributed by atoms with Crippen molar-refractivity contribution in [3.63, 3.8) is 0 Å². The van der Waals surface area contributed by atoms with Crippen molar-refractivity contribution in [3.8, 4) is 11.8 Å². The zero-order valence-electron chi connectivity index (χ0n) is 19.4. The number of aliphatic hydroxyl groups is 1. The summed E-state index contributed by atoms with van der Waals surface area (Å²) >= 11 is 6.60. The minimum Gasteiger partial charge on any atom is -0.489 e. The standard InChI is InChI=1S/C23H28ClN7O2/c1-12-8-30(10-23(4,5)32)9-17-16(7-25)18(24)6-15(20(17)33-12)14(3)31-22-19(13(2)29-31)21(26)27-11-28-22/h6,11-12,14,32H,8-10H2,1-5H3,(H2,26,27,28)/t12-,14?/m0/s1. The maximum absolute atomic E-state index is 10.4. The molecule has 0 spiro atoms. The van der Waals surface area contributed by atoms with Gasteiger partial charge in [-0.15, -0.1) is 0 Å². The van der Waals surface area contributed by atoms with Crippen LogP contribution in [0.4, 0.5) is 5.82 Å². The van der Waals surface area contributed by atoms with E-state index in [0.717, 1.165) is 11.3 Å². The summed E-state index contributed by atoms with van der Waals surface area (Å²) in [7, 11) is 0. The van der Waals surface area contributed by atoms with Gasteiger partial charge < -0.3 is 15.6 Å². The Kier molecular flexibility index (Phi) is 5.95. The number of halogens is 1. The third kappa shape index (κ3) is 4.34. The summed E-state index contributed by atoms with van der Waals surface area (Å²) in [5.41, 5.74) is 8.42. The van der Waals surface area contributed by atoms with Crippen LogP contribution in [-0.4, -0.2) is 54.5 Å². The number of fused-ring (bicyclic) bond motifs is 2. The molecule has 0 saturated heterocycles. The van der Waals surface area contributed by atoms with E-state index in [2.05, 4.69) is 26.0 Å². The zero-order chi connectivity index (χ0) is 24.1. The minimum atomic E-state index is -0.892. The van der Waals surface area contributed by atoms with Gasteiger partial charge in [-0.1, -0.05) is 11.6 Å². The number of aryl methyl sites for hydroxylation is 1. The summed E-state index contributed by atoms with van der Waals surface area (Å²) in [6, 6.07) is 3.71. The van der Waals surface area contributed by atoms with Gasteiger partial charge in [0, 0.05) is 30.8 Å². The Balaban J connectivity index is 1.88. The summed E-state index contributed by atoms with van der Waals surface area (Å²) in [6.45, 7) is 10.8. The molecule has 0 bridgehead atoms. The number of hydrogen-bond donors (Lipinski definition) is 2. The van der Waals surface area contributed by atoms with Gasteiger partial charge in [0.2, 0.25) is 0 Å². The Hall–Kier alpha value is -2.93. The largest absolute Gasteiger partial charge is 0.489 e. The van der Waals surface area contributed by atoms with Crippen LogP contribution in [0.15, 0.2) is 12.4 Å². The summed E-state index contributed by atoms with van der Waals surface area (Å²) < 4.78 is 8.17. The fourth-order valence-corrected chi connectivity index (χ4v) is 4.83. The normalized spacial score (nSPS) is 17.8. The van der Waals surface area contributed by atoms with Crippen LogP contribution in [0.5, 0.6) is 5.75 Å². The van der Waals surface area contributed by atoms with Gasteiger partial charge in [-0.2, -0.15) is 10.4 Å². The van der Waals surface area contributed by atoms with E-state index in [-0.39, 0.29) is 12.1 Å². The first-order chi connectivity index (χ1) is 15.5. The van der Waals surface area contributed by atoms with Gasteiger partial charge in [0.05, 0.1) is 33.3 Å². The van der Waals surface area contributed by atoms with Crippen molar-refractivity contribution in [2.45, 2.75) is 58.9 Å². The average Bonchev–Trinajstić information content (AvgIpc) is 2.96. The highest BCUT2D eigenvalue weighted by atomic mass is 35.5. The predicted molar refractivity (Wildman–Crippen MR) is 126 cm³/mol. The van der Waals surface area contributed by atoms with Gasteiger partial charge >= 0.3 is 0 Å². The molecule has 3 N–H and O–H groups in total. The van der Waals surface area contributed by atoms with Gasteiger partial charge in [-0.25, -0.2) is 14.6 Å². The van der Waals surface area contributed by atoms with Crippen molar-refractivity contribution >= 4 is 28.5 Å². The Labute approximate surface area is 197 Å². The van der Waals surface area contributed by atoms with Crippen molar-refractivity contribution < 1.29 is 9.84 Å². The van der Waals surface area contributed by atoms with Crippen molar-refractivity contribution in [1.82, 2.24) is 24.6 Å². The number of nitrogen functional groups attached to an aromatic ring is 1. The SMILES string of the molecule is Cc1nn(C(C)c2cc(Cl)c(C#N)c3c2O[C@@H](C)CN(CC(C)(C)O)C3)c2ncnc(N)c12. The number of rotatable bonds is 4. The summed E-state index contributed by atoms with van der Waals surface area (Å²) in [4.78, 5) is 10.6. The molecule has 3 heterocycles. The Morgan fingerprint density at radius 3 is 2.82 bits per heavy atom. The number of aromatic nitrogens is 4. The van der Waals surface area contributed by atoms with E-state index in [4.69, 9.17) is 22.1 Å². The van der Waals surface area contributed by atoms with Crippen molar-refractivity contribution in [3.05, 3.63) is 39.8 Å². The molecule has 2 aromatic heterocycles. The van der Waals surface area contributed by atoms with Crippen LogP contribution in [0, 0.1) is 18.3 Å².